The second kappa shape index (κ2) is 13.6. The number of benzene rings is 2. The van der Waals surface area contributed by atoms with E-state index in [9.17, 15) is 14.3 Å². The molecule has 0 unspecified atom stereocenters. The number of ether oxygens (including phenoxy) is 4. The quantitative estimate of drug-likeness (QED) is 0.364. The van der Waals surface area contributed by atoms with Gasteiger partial charge >= 0.3 is 0 Å². The molecule has 11 heteroatoms. The summed E-state index contributed by atoms with van der Waals surface area (Å²) >= 11 is 0. The summed E-state index contributed by atoms with van der Waals surface area (Å²) in [5.41, 5.74) is -0.402. The first-order valence-electron chi connectivity index (χ1n) is 13.2. The highest BCUT2D eigenvalue weighted by atomic mass is 19.1. The van der Waals surface area contributed by atoms with Gasteiger partial charge in [0.05, 0.1) is 20.2 Å². The second-order valence-corrected chi connectivity index (χ2v) is 9.93. The number of aryl methyl sites for hydroxylation is 1. The first-order valence-corrected chi connectivity index (χ1v) is 13.2. The summed E-state index contributed by atoms with van der Waals surface area (Å²) in [5.74, 6) is 2.03. The average Bonchev–Trinajstić information content (AvgIpc) is 3.27. The summed E-state index contributed by atoms with van der Waals surface area (Å²) < 4.78 is 37.7. The van der Waals surface area contributed by atoms with E-state index >= 15 is 0 Å². The summed E-state index contributed by atoms with van der Waals surface area (Å²) in [4.78, 5) is 20.6. The van der Waals surface area contributed by atoms with Crippen LogP contribution in [0.1, 0.15) is 11.4 Å². The number of carbonyl (C=O) groups is 1. The molecule has 0 radical (unpaired) electrons. The summed E-state index contributed by atoms with van der Waals surface area (Å²) in [7, 11) is 3.06. The van der Waals surface area contributed by atoms with Crippen molar-refractivity contribution < 1.29 is 33.2 Å². The van der Waals surface area contributed by atoms with Crippen LogP contribution in [-0.2, 0) is 22.6 Å². The molecule has 1 saturated heterocycles. The van der Waals surface area contributed by atoms with Crippen molar-refractivity contribution in [2.24, 2.45) is 0 Å². The van der Waals surface area contributed by atoms with Gasteiger partial charge in [-0.25, -0.2) is 9.37 Å². The van der Waals surface area contributed by atoms with E-state index in [0.29, 0.717) is 50.0 Å². The number of amides is 1. The summed E-state index contributed by atoms with van der Waals surface area (Å²) in [5, 5.41) is 11.6. The number of methoxy groups -OCH3 is 2. The van der Waals surface area contributed by atoms with Gasteiger partial charge in [0.1, 0.15) is 42.8 Å². The van der Waals surface area contributed by atoms with Gasteiger partial charge < -0.3 is 33.5 Å². The lowest BCUT2D eigenvalue weighted by atomic mass is 10.0. The van der Waals surface area contributed by atoms with E-state index in [0.717, 1.165) is 11.4 Å². The number of rotatable bonds is 12. The molecule has 1 atom stereocenters. The van der Waals surface area contributed by atoms with Crippen molar-refractivity contribution >= 4 is 5.91 Å². The third kappa shape index (κ3) is 7.93. The van der Waals surface area contributed by atoms with Crippen LogP contribution in [0.4, 0.5) is 4.39 Å². The zero-order valence-electron chi connectivity index (χ0n) is 23.2. The standard InChI is InChI=1S/C29H37FN4O6/c1-22-31-10-11-33(22)14-15-39-26-9-4-23(16-27(26)38-3)17-32-12-13-34(28(35)18-37-2)20-29(36,19-32)21-40-25-7-5-24(30)6-8-25/h4-11,16,36H,12-15,17-21H2,1-3H3/t29-/m1/s1. The summed E-state index contributed by atoms with van der Waals surface area (Å²) in [6, 6.07) is 11.4. The Morgan fingerprint density at radius 1 is 1.07 bits per heavy atom. The Morgan fingerprint density at radius 3 is 2.58 bits per heavy atom. The van der Waals surface area contributed by atoms with Crippen LogP contribution < -0.4 is 14.2 Å². The SMILES string of the molecule is COCC(=O)N1CCN(Cc2ccc(OCCn3ccnc3C)c(OC)c2)C[C@](O)(COc2ccc(F)cc2)C1. The minimum absolute atomic E-state index is 0.0710. The van der Waals surface area contributed by atoms with Crippen molar-refractivity contribution in [3.05, 3.63) is 72.1 Å². The van der Waals surface area contributed by atoms with Gasteiger partial charge in [-0.2, -0.15) is 0 Å². The average molecular weight is 557 g/mol. The van der Waals surface area contributed by atoms with E-state index in [4.69, 9.17) is 18.9 Å². The van der Waals surface area contributed by atoms with Gasteiger partial charge in [0.2, 0.25) is 5.91 Å². The number of nitrogens with zero attached hydrogens (tertiary/aromatic N) is 4. The molecular weight excluding hydrogens is 519 g/mol. The van der Waals surface area contributed by atoms with Crippen LogP contribution in [0.15, 0.2) is 54.9 Å². The lowest BCUT2D eigenvalue weighted by Gasteiger charge is -2.33. The van der Waals surface area contributed by atoms with Crippen molar-refractivity contribution in [1.82, 2.24) is 19.4 Å². The minimum Gasteiger partial charge on any atom is -0.493 e. The van der Waals surface area contributed by atoms with Crippen molar-refractivity contribution in [2.45, 2.75) is 25.6 Å². The monoisotopic (exact) mass is 556 g/mol. The number of imidazole rings is 1. The molecule has 1 fully saturated rings. The maximum absolute atomic E-state index is 13.3. The molecule has 0 spiro atoms. The molecule has 3 aromatic rings. The largest absolute Gasteiger partial charge is 0.493 e. The Labute approximate surface area is 233 Å². The van der Waals surface area contributed by atoms with Crippen molar-refractivity contribution in [2.75, 3.05) is 60.2 Å². The van der Waals surface area contributed by atoms with Crippen LogP contribution in [0.2, 0.25) is 0 Å². The van der Waals surface area contributed by atoms with Crippen LogP contribution in [0.25, 0.3) is 0 Å². The second-order valence-electron chi connectivity index (χ2n) is 9.93. The Morgan fingerprint density at radius 2 is 1.88 bits per heavy atom. The molecule has 40 heavy (non-hydrogen) atoms. The smallest absolute Gasteiger partial charge is 0.248 e. The fraction of sp³-hybridized carbons (Fsp3) is 0.448. The lowest BCUT2D eigenvalue weighted by Crippen LogP contribution is -2.52. The molecule has 4 rings (SSSR count). The Kier molecular flexibility index (Phi) is 9.97. The van der Waals surface area contributed by atoms with E-state index in [2.05, 4.69) is 9.88 Å². The highest BCUT2D eigenvalue weighted by Crippen LogP contribution is 2.29. The predicted octanol–water partition coefficient (Wildman–Crippen LogP) is 2.52. The van der Waals surface area contributed by atoms with E-state index in [1.807, 2.05) is 35.9 Å². The number of aliphatic hydroxyl groups is 1. The van der Waals surface area contributed by atoms with E-state index in [1.165, 1.54) is 31.4 Å². The molecule has 1 aliphatic heterocycles. The molecule has 1 aromatic heterocycles. The summed E-state index contributed by atoms with van der Waals surface area (Å²) in [6.45, 7) is 4.75. The molecule has 0 aliphatic carbocycles. The molecule has 0 saturated carbocycles. The number of halogens is 1. The predicted molar refractivity (Wildman–Crippen MR) is 146 cm³/mol. The van der Waals surface area contributed by atoms with Crippen molar-refractivity contribution in [3.63, 3.8) is 0 Å². The summed E-state index contributed by atoms with van der Waals surface area (Å²) in [6.07, 6.45) is 3.67. The normalized spacial score (nSPS) is 17.9. The van der Waals surface area contributed by atoms with Crippen molar-refractivity contribution in [1.29, 1.82) is 0 Å². The first-order chi connectivity index (χ1) is 19.3. The van der Waals surface area contributed by atoms with Gasteiger partial charge in [0, 0.05) is 45.7 Å². The highest BCUT2D eigenvalue weighted by molar-refractivity contribution is 5.77. The van der Waals surface area contributed by atoms with Crippen LogP contribution in [0.5, 0.6) is 17.2 Å². The maximum Gasteiger partial charge on any atom is 0.248 e. The number of carbonyl (C=O) groups excluding carboxylic acids is 1. The fourth-order valence-electron chi connectivity index (χ4n) is 4.73. The highest BCUT2D eigenvalue weighted by Gasteiger charge is 2.37. The first kappa shape index (κ1) is 29.3. The molecule has 1 N–H and O–H groups in total. The number of aromatic nitrogens is 2. The van der Waals surface area contributed by atoms with Gasteiger partial charge in [0.15, 0.2) is 11.5 Å². The number of hydrogen-bond donors (Lipinski definition) is 1. The van der Waals surface area contributed by atoms with Crippen LogP contribution >= 0.6 is 0 Å². The molecule has 1 aliphatic rings. The molecular formula is C29H37FN4O6. The maximum atomic E-state index is 13.3. The Balaban J connectivity index is 1.44. The van der Waals surface area contributed by atoms with E-state index in [-0.39, 0.29) is 38.0 Å². The van der Waals surface area contributed by atoms with Crippen LogP contribution in [0.3, 0.4) is 0 Å². The number of hydrogen-bond acceptors (Lipinski definition) is 8. The molecule has 10 nitrogen and oxygen atoms in total. The lowest BCUT2D eigenvalue weighted by molar-refractivity contribution is -0.138. The fourth-order valence-corrected chi connectivity index (χ4v) is 4.73. The van der Waals surface area contributed by atoms with E-state index < -0.39 is 5.60 Å². The Bertz CT molecular complexity index is 1250. The van der Waals surface area contributed by atoms with Gasteiger partial charge in [-0.1, -0.05) is 6.07 Å². The molecule has 0 bridgehead atoms. The zero-order valence-corrected chi connectivity index (χ0v) is 23.2. The van der Waals surface area contributed by atoms with Crippen LogP contribution in [-0.4, -0.2) is 96.2 Å². The van der Waals surface area contributed by atoms with Crippen molar-refractivity contribution in [3.8, 4) is 17.2 Å². The third-order valence-electron chi connectivity index (χ3n) is 6.78. The molecule has 216 valence electrons. The van der Waals surface area contributed by atoms with Crippen LogP contribution in [0, 0.1) is 12.7 Å². The number of β-amino-alcohol motifs (C(OH)–C–C–N with tert-alkyl or cyclic N) is 1. The molecule has 2 aromatic carbocycles. The van der Waals surface area contributed by atoms with Gasteiger partial charge in [-0.05, 0) is 48.9 Å². The Hall–Kier alpha value is -3.67. The topological polar surface area (TPSA) is 98.5 Å². The van der Waals surface area contributed by atoms with Gasteiger partial charge in [-0.15, -0.1) is 0 Å². The zero-order chi connectivity index (χ0) is 28.5. The van der Waals surface area contributed by atoms with E-state index in [1.54, 1.807) is 18.2 Å². The van der Waals surface area contributed by atoms with Gasteiger partial charge in [0.25, 0.3) is 0 Å². The van der Waals surface area contributed by atoms with Gasteiger partial charge in [-0.3, -0.25) is 9.69 Å². The minimum atomic E-state index is -1.37. The molecule has 2 heterocycles. The molecule has 1 amide bonds. The third-order valence-corrected chi connectivity index (χ3v) is 6.78.